The highest BCUT2D eigenvalue weighted by atomic mass is 16.5. The van der Waals surface area contributed by atoms with E-state index in [-0.39, 0.29) is 18.2 Å². The lowest BCUT2D eigenvalue weighted by molar-refractivity contribution is 0.0518. The molecule has 32 heavy (non-hydrogen) atoms. The highest BCUT2D eigenvalue weighted by Gasteiger charge is 2.17. The molecule has 1 amide bonds. The molecular formula is C24H23N5O3. The van der Waals surface area contributed by atoms with Crippen LogP contribution in [0.2, 0.25) is 0 Å². The molecule has 8 nitrogen and oxygen atoms in total. The van der Waals surface area contributed by atoms with Crippen molar-refractivity contribution in [2.45, 2.75) is 20.4 Å². The summed E-state index contributed by atoms with van der Waals surface area (Å²) in [4.78, 5) is 24.9. The van der Waals surface area contributed by atoms with Crippen molar-refractivity contribution < 1.29 is 14.3 Å². The molecule has 1 N–H and O–H groups in total. The van der Waals surface area contributed by atoms with E-state index >= 15 is 0 Å². The van der Waals surface area contributed by atoms with Crippen LogP contribution in [-0.4, -0.2) is 38.0 Å². The maximum absolute atomic E-state index is 13.0. The molecule has 2 aromatic heterocycles. The van der Waals surface area contributed by atoms with Gasteiger partial charge in [-0.05, 0) is 37.6 Å². The van der Waals surface area contributed by atoms with Crippen molar-refractivity contribution in [2.24, 2.45) is 0 Å². The summed E-state index contributed by atoms with van der Waals surface area (Å²) in [5.41, 5.74) is 3.76. The van der Waals surface area contributed by atoms with E-state index in [4.69, 9.17) is 4.74 Å². The van der Waals surface area contributed by atoms with Crippen molar-refractivity contribution in [2.75, 3.05) is 11.9 Å². The topological polar surface area (TPSA) is 91.0 Å². The molecule has 0 radical (unpaired) electrons. The Hall–Kier alpha value is -4.20. The predicted molar refractivity (Wildman–Crippen MR) is 120 cm³/mol. The van der Waals surface area contributed by atoms with Crippen molar-refractivity contribution >= 4 is 17.6 Å². The number of nitrogens with zero attached hydrogens (tertiary/aromatic N) is 4. The number of carbonyl (C=O) groups excluding carboxylic acids is 2. The molecule has 0 unspecified atom stereocenters. The smallest absolute Gasteiger partial charge is 0.358 e. The van der Waals surface area contributed by atoms with Gasteiger partial charge in [0.15, 0.2) is 5.69 Å². The van der Waals surface area contributed by atoms with Crippen LogP contribution in [0.15, 0.2) is 73.1 Å². The number of nitrogens with one attached hydrogen (secondary N) is 1. The van der Waals surface area contributed by atoms with Crippen LogP contribution in [-0.2, 0) is 11.3 Å². The van der Waals surface area contributed by atoms with Crippen LogP contribution >= 0.6 is 0 Å². The van der Waals surface area contributed by atoms with Gasteiger partial charge in [0.1, 0.15) is 0 Å². The summed E-state index contributed by atoms with van der Waals surface area (Å²) in [5.74, 6) is -0.763. The third kappa shape index (κ3) is 4.44. The first kappa shape index (κ1) is 21.0. The van der Waals surface area contributed by atoms with E-state index < -0.39 is 5.97 Å². The Kier molecular flexibility index (Phi) is 6.12. The molecule has 0 spiro atoms. The van der Waals surface area contributed by atoms with E-state index in [9.17, 15) is 9.59 Å². The number of ether oxygens (including phenoxy) is 1. The monoisotopic (exact) mass is 429 g/mol. The number of anilines is 1. The fraction of sp³-hybridized carbons (Fsp3) is 0.167. The Morgan fingerprint density at radius 2 is 1.78 bits per heavy atom. The summed E-state index contributed by atoms with van der Waals surface area (Å²) in [5, 5.41) is 11.6. The maximum atomic E-state index is 13.0. The lowest BCUT2D eigenvalue weighted by atomic mass is 10.2. The van der Waals surface area contributed by atoms with Crippen LogP contribution in [0.1, 0.15) is 39.0 Å². The minimum atomic E-state index is -0.491. The third-order valence-electron chi connectivity index (χ3n) is 5.00. The maximum Gasteiger partial charge on any atom is 0.358 e. The van der Waals surface area contributed by atoms with Gasteiger partial charge in [-0.25, -0.2) is 9.48 Å². The number of hydrogen-bond donors (Lipinski definition) is 1. The molecule has 0 atom stereocenters. The first-order valence-electron chi connectivity index (χ1n) is 10.3. The molecule has 4 aromatic rings. The number of para-hydroxylation sites is 2. The lowest BCUT2D eigenvalue weighted by Crippen LogP contribution is -2.15. The van der Waals surface area contributed by atoms with Gasteiger partial charge in [-0.3, -0.25) is 9.48 Å². The summed E-state index contributed by atoms with van der Waals surface area (Å²) >= 11 is 0. The van der Waals surface area contributed by atoms with Crippen molar-refractivity contribution in [1.82, 2.24) is 19.6 Å². The highest BCUT2D eigenvalue weighted by molar-refractivity contribution is 6.05. The van der Waals surface area contributed by atoms with Gasteiger partial charge in [-0.1, -0.05) is 42.5 Å². The quantitative estimate of drug-likeness (QED) is 0.451. The number of benzene rings is 2. The summed E-state index contributed by atoms with van der Waals surface area (Å²) in [6, 6.07) is 18.8. The van der Waals surface area contributed by atoms with E-state index in [2.05, 4.69) is 15.5 Å². The molecule has 0 aliphatic rings. The fourth-order valence-electron chi connectivity index (χ4n) is 3.33. The molecule has 0 aliphatic heterocycles. The fourth-order valence-corrected chi connectivity index (χ4v) is 3.33. The minimum Gasteiger partial charge on any atom is -0.461 e. The second-order valence-corrected chi connectivity index (χ2v) is 7.12. The molecular weight excluding hydrogens is 406 g/mol. The van der Waals surface area contributed by atoms with Crippen LogP contribution < -0.4 is 5.32 Å². The second kappa shape index (κ2) is 9.30. The first-order chi connectivity index (χ1) is 15.6. The van der Waals surface area contributed by atoms with E-state index in [1.54, 1.807) is 36.1 Å². The second-order valence-electron chi connectivity index (χ2n) is 7.12. The molecule has 2 aromatic carbocycles. The van der Waals surface area contributed by atoms with Gasteiger partial charge in [0.2, 0.25) is 0 Å². The Morgan fingerprint density at radius 1 is 1.03 bits per heavy atom. The molecule has 0 fully saturated rings. The lowest BCUT2D eigenvalue weighted by Gasteiger charge is -2.11. The van der Waals surface area contributed by atoms with Crippen LogP contribution in [0, 0.1) is 6.92 Å². The highest BCUT2D eigenvalue weighted by Crippen LogP contribution is 2.21. The van der Waals surface area contributed by atoms with Gasteiger partial charge >= 0.3 is 5.97 Å². The van der Waals surface area contributed by atoms with Crippen molar-refractivity contribution in [1.29, 1.82) is 0 Å². The zero-order chi connectivity index (χ0) is 22.5. The van der Waals surface area contributed by atoms with Crippen LogP contribution in [0.3, 0.4) is 0 Å². The van der Waals surface area contributed by atoms with E-state index in [1.807, 2.05) is 55.5 Å². The Labute approximate surface area is 185 Å². The number of amides is 1. The summed E-state index contributed by atoms with van der Waals surface area (Å²) in [7, 11) is 0. The standard InChI is InChI=1S/C24H23N5O3/c1-3-32-24(31)21-13-14-28(27-21)22-12-8-7-11-20(22)26-23(30)19-15-25-29(17(19)2)16-18-9-5-4-6-10-18/h4-15H,3,16H2,1-2H3,(H,26,30). The van der Waals surface area contributed by atoms with Crippen LogP contribution in [0.5, 0.6) is 0 Å². The average molecular weight is 429 g/mol. The normalized spacial score (nSPS) is 10.7. The van der Waals surface area contributed by atoms with E-state index in [0.717, 1.165) is 11.3 Å². The average Bonchev–Trinajstić information content (AvgIpc) is 3.43. The van der Waals surface area contributed by atoms with Gasteiger partial charge in [0, 0.05) is 11.9 Å². The molecule has 0 bridgehead atoms. The van der Waals surface area contributed by atoms with Gasteiger partial charge in [-0.15, -0.1) is 0 Å². The van der Waals surface area contributed by atoms with Crippen molar-refractivity contribution in [3.8, 4) is 5.69 Å². The molecule has 2 heterocycles. The number of rotatable bonds is 7. The van der Waals surface area contributed by atoms with Gasteiger partial charge in [0.05, 0.1) is 36.3 Å². The molecule has 8 heteroatoms. The van der Waals surface area contributed by atoms with Gasteiger partial charge < -0.3 is 10.1 Å². The predicted octanol–water partition coefficient (Wildman–Crippen LogP) is 3.85. The minimum absolute atomic E-state index is 0.200. The number of aromatic nitrogens is 4. The zero-order valence-electron chi connectivity index (χ0n) is 17.9. The van der Waals surface area contributed by atoms with E-state index in [0.29, 0.717) is 23.5 Å². The van der Waals surface area contributed by atoms with Gasteiger partial charge in [-0.2, -0.15) is 10.2 Å². The summed E-state index contributed by atoms with van der Waals surface area (Å²) in [6.07, 6.45) is 3.23. The largest absolute Gasteiger partial charge is 0.461 e. The Bertz CT molecular complexity index is 1240. The molecule has 162 valence electrons. The number of hydrogen-bond acceptors (Lipinski definition) is 5. The molecule has 0 aliphatic carbocycles. The number of esters is 1. The summed E-state index contributed by atoms with van der Waals surface area (Å²) in [6.45, 7) is 4.47. The Balaban J connectivity index is 1.55. The van der Waals surface area contributed by atoms with Crippen molar-refractivity contribution in [3.05, 3.63) is 95.6 Å². The van der Waals surface area contributed by atoms with E-state index in [1.165, 1.54) is 4.68 Å². The van der Waals surface area contributed by atoms with Crippen LogP contribution in [0.4, 0.5) is 5.69 Å². The first-order valence-corrected chi connectivity index (χ1v) is 10.3. The molecule has 0 saturated carbocycles. The third-order valence-corrected chi connectivity index (χ3v) is 5.00. The molecule has 0 saturated heterocycles. The number of carbonyl (C=O) groups is 2. The molecule has 4 rings (SSSR count). The summed E-state index contributed by atoms with van der Waals surface area (Å²) < 4.78 is 8.33. The van der Waals surface area contributed by atoms with Crippen molar-refractivity contribution in [3.63, 3.8) is 0 Å². The SMILES string of the molecule is CCOC(=O)c1ccn(-c2ccccc2NC(=O)c2cnn(Cc3ccccc3)c2C)n1. The van der Waals surface area contributed by atoms with Gasteiger partial charge in [0.25, 0.3) is 5.91 Å². The Morgan fingerprint density at radius 3 is 2.56 bits per heavy atom. The van der Waals surface area contributed by atoms with Crippen LogP contribution in [0.25, 0.3) is 5.69 Å². The zero-order valence-corrected chi connectivity index (χ0v) is 17.9.